The summed E-state index contributed by atoms with van der Waals surface area (Å²) in [6, 6.07) is 1.32. The van der Waals surface area contributed by atoms with Gasteiger partial charge in [0.1, 0.15) is 0 Å². The molecule has 1 heterocycles. The van der Waals surface area contributed by atoms with E-state index in [4.69, 9.17) is 10.5 Å². The molecule has 0 bridgehead atoms. The monoisotopic (exact) mass is 198 g/mol. The van der Waals surface area contributed by atoms with Crippen molar-refractivity contribution in [2.24, 2.45) is 5.73 Å². The van der Waals surface area contributed by atoms with Gasteiger partial charge in [-0.3, -0.25) is 4.90 Å². The van der Waals surface area contributed by atoms with Gasteiger partial charge in [-0.15, -0.1) is 0 Å². The lowest BCUT2D eigenvalue weighted by Crippen LogP contribution is -2.52. The highest BCUT2D eigenvalue weighted by molar-refractivity contribution is 4.91. The zero-order valence-electron chi connectivity index (χ0n) is 9.11. The van der Waals surface area contributed by atoms with Gasteiger partial charge in [-0.1, -0.05) is 0 Å². The van der Waals surface area contributed by atoms with Crippen molar-refractivity contribution in [1.29, 1.82) is 0 Å². The first-order chi connectivity index (χ1) is 6.83. The lowest BCUT2D eigenvalue weighted by atomic mass is 10.1. The maximum atomic E-state index is 5.79. The van der Waals surface area contributed by atoms with Gasteiger partial charge >= 0.3 is 0 Å². The number of nitrogens with zero attached hydrogens (tertiary/aromatic N) is 1. The Labute approximate surface area is 86.6 Å². The second-order valence-electron chi connectivity index (χ2n) is 4.57. The first-order valence-electron chi connectivity index (χ1n) is 5.90. The first-order valence-corrected chi connectivity index (χ1v) is 5.90. The van der Waals surface area contributed by atoms with E-state index in [1.54, 1.807) is 0 Å². The molecule has 1 aliphatic heterocycles. The average Bonchev–Trinajstić information content (AvgIpc) is 2.65. The second kappa shape index (κ2) is 4.60. The van der Waals surface area contributed by atoms with E-state index < -0.39 is 0 Å². The molecule has 0 amide bonds. The Hall–Kier alpha value is -0.120. The fourth-order valence-corrected chi connectivity index (χ4v) is 2.91. The molecule has 0 radical (unpaired) electrons. The van der Waals surface area contributed by atoms with Crippen molar-refractivity contribution in [1.82, 2.24) is 4.90 Å². The van der Waals surface area contributed by atoms with E-state index in [0.29, 0.717) is 18.2 Å². The zero-order chi connectivity index (χ0) is 9.97. The number of hydrogen-bond acceptors (Lipinski definition) is 3. The lowest BCUT2D eigenvalue weighted by molar-refractivity contribution is -0.0697. The topological polar surface area (TPSA) is 38.5 Å². The van der Waals surface area contributed by atoms with Crippen LogP contribution < -0.4 is 5.73 Å². The minimum Gasteiger partial charge on any atom is -0.375 e. The van der Waals surface area contributed by atoms with Gasteiger partial charge in [0.05, 0.1) is 12.7 Å². The molecule has 1 saturated carbocycles. The SMILES string of the molecule is CC(CCN)N1CCOC2CCCC21. The first kappa shape index (κ1) is 10.4. The summed E-state index contributed by atoms with van der Waals surface area (Å²) in [6.45, 7) is 5.11. The van der Waals surface area contributed by atoms with Gasteiger partial charge < -0.3 is 10.5 Å². The van der Waals surface area contributed by atoms with Crippen molar-refractivity contribution in [3.63, 3.8) is 0 Å². The van der Waals surface area contributed by atoms with Crippen LogP contribution in [-0.4, -0.2) is 42.8 Å². The number of fused-ring (bicyclic) bond motifs is 1. The minimum absolute atomic E-state index is 0.518. The smallest absolute Gasteiger partial charge is 0.0731 e. The summed E-state index contributed by atoms with van der Waals surface area (Å²) in [6.07, 6.45) is 5.55. The van der Waals surface area contributed by atoms with Gasteiger partial charge in [-0.2, -0.15) is 0 Å². The Morgan fingerprint density at radius 2 is 2.36 bits per heavy atom. The van der Waals surface area contributed by atoms with Crippen LogP contribution in [0.15, 0.2) is 0 Å². The Bertz CT molecular complexity index is 186. The van der Waals surface area contributed by atoms with E-state index in [1.807, 2.05) is 0 Å². The number of hydrogen-bond donors (Lipinski definition) is 1. The Kier molecular flexibility index (Phi) is 3.42. The largest absolute Gasteiger partial charge is 0.375 e. The Balaban J connectivity index is 1.95. The van der Waals surface area contributed by atoms with Crippen LogP contribution in [0.4, 0.5) is 0 Å². The molecule has 3 nitrogen and oxygen atoms in total. The van der Waals surface area contributed by atoms with Crippen LogP contribution >= 0.6 is 0 Å². The summed E-state index contributed by atoms with van der Waals surface area (Å²) in [5.41, 5.74) is 5.62. The third-order valence-electron chi connectivity index (χ3n) is 3.68. The standard InChI is InChI=1S/C11H22N2O/c1-9(5-6-12)13-7-8-14-11-4-2-3-10(11)13/h9-11H,2-8,12H2,1H3. The van der Waals surface area contributed by atoms with Crippen LogP contribution in [-0.2, 0) is 4.74 Å². The average molecular weight is 198 g/mol. The van der Waals surface area contributed by atoms with Gasteiger partial charge in [0.25, 0.3) is 0 Å². The minimum atomic E-state index is 0.518. The molecule has 3 unspecified atom stereocenters. The lowest BCUT2D eigenvalue weighted by Gasteiger charge is -2.41. The number of ether oxygens (including phenoxy) is 1. The second-order valence-corrected chi connectivity index (χ2v) is 4.57. The molecule has 2 rings (SSSR count). The third kappa shape index (κ3) is 1.95. The van der Waals surface area contributed by atoms with Crippen LogP contribution in [0.3, 0.4) is 0 Å². The quantitative estimate of drug-likeness (QED) is 0.734. The van der Waals surface area contributed by atoms with Crippen molar-refractivity contribution in [2.75, 3.05) is 19.7 Å². The summed E-state index contributed by atoms with van der Waals surface area (Å²) < 4.78 is 5.79. The molecular weight excluding hydrogens is 176 g/mol. The maximum absolute atomic E-state index is 5.79. The van der Waals surface area contributed by atoms with E-state index in [1.165, 1.54) is 19.3 Å². The Morgan fingerprint density at radius 3 is 3.14 bits per heavy atom. The van der Waals surface area contributed by atoms with Gasteiger partial charge in [0.15, 0.2) is 0 Å². The summed E-state index contributed by atoms with van der Waals surface area (Å²) >= 11 is 0. The van der Waals surface area contributed by atoms with Gasteiger partial charge in [-0.05, 0) is 39.2 Å². The highest BCUT2D eigenvalue weighted by Crippen LogP contribution is 2.31. The molecule has 0 aromatic rings. The van der Waals surface area contributed by atoms with E-state index in [2.05, 4.69) is 11.8 Å². The molecule has 2 N–H and O–H groups in total. The third-order valence-corrected chi connectivity index (χ3v) is 3.68. The van der Waals surface area contributed by atoms with Gasteiger partial charge in [0, 0.05) is 18.6 Å². The van der Waals surface area contributed by atoms with E-state index in [9.17, 15) is 0 Å². The number of nitrogens with two attached hydrogens (primary N) is 1. The van der Waals surface area contributed by atoms with Crippen LogP contribution in [0.1, 0.15) is 32.6 Å². The fourth-order valence-electron chi connectivity index (χ4n) is 2.91. The van der Waals surface area contributed by atoms with Crippen molar-refractivity contribution in [3.8, 4) is 0 Å². The maximum Gasteiger partial charge on any atom is 0.0731 e. The predicted molar refractivity (Wildman–Crippen MR) is 57.2 cm³/mol. The van der Waals surface area contributed by atoms with Crippen molar-refractivity contribution >= 4 is 0 Å². The van der Waals surface area contributed by atoms with Crippen LogP contribution in [0.25, 0.3) is 0 Å². The molecule has 0 spiro atoms. The molecule has 2 aliphatic rings. The van der Waals surface area contributed by atoms with Crippen LogP contribution in [0.2, 0.25) is 0 Å². The van der Waals surface area contributed by atoms with Crippen molar-refractivity contribution in [2.45, 2.75) is 50.8 Å². The summed E-state index contributed by atoms with van der Waals surface area (Å²) in [5, 5.41) is 0. The normalized spacial score (nSPS) is 35.6. The Morgan fingerprint density at radius 1 is 1.50 bits per heavy atom. The molecule has 1 saturated heterocycles. The predicted octanol–water partition coefficient (Wildman–Crippen LogP) is 0.977. The summed E-state index contributed by atoms with van der Waals surface area (Å²) in [5.74, 6) is 0. The number of morpholine rings is 1. The molecule has 3 atom stereocenters. The van der Waals surface area contributed by atoms with Gasteiger partial charge in [0.2, 0.25) is 0 Å². The molecule has 3 heteroatoms. The summed E-state index contributed by atoms with van der Waals surface area (Å²) in [4.78, 5) is 2.62. The van der Waals surface area contributed by atoms with Crippen LogP contribution in [0, 0.1) is 0 Å². The van der Waals surface area contributed by atoms with Crippen molar-refractivity contribution < 1.29 is 4.74 Å². The number of rotatable bonds is 3. The van der Waals surface area contributed by atoms with E-state index in [0.717, 1.165) is 26.1 Å². The summed E-state index contributed by atoms with van der Waals surface area (Å²) in [7, 11) is 0. The molecule has 82 valence electrons. The van der Waals surface area contributed by atoms with E-state index in [-0.39, 0.29) is 0 Å². The molecule has 0 aromatic heterocycles. The highest BCUT2D eigenvalue weighted by Gasteiger charge is 2.37. The fraction of sp³-hybridized carbons (Fsp3) is 1.00. The molecule has 2 fully saturated rings. The zero-order valence-corrected chi connectivity index (χ0v) is 9.11. The molecule has 14 heavy (non-hydrogen) atoms. The van der Waals surface area contributed by atoms with Gasteiger partial charge in [-0.25, -0.2) is 0 Å². The molecular formula is C11H22N2O. The molecule has 0 aromatic carbocycles. The van der Waals surface area contributed by atoms with E-state index >= 15 is 0 Å². The van der Waals surface area contributed by atoms with Crippen molar-refractivity contribution in [3.05, 3.63) is 0 Å². The highest BCUT2D eigenvalue weighted by atomic mass is 16.5. The molecule has 1 aliphatic carbocycles. The van der Waals surface area contributed by atoms with Crippen LogP contribution in [0.5, 0.6) is 0 Å².